The number of carbonyl (C=O) groups excluding carboxylic acids is 1. The van der Waals surface area contributed by atoms with Gasteiger partial charge in [0.2, 0.25) is 0 Å². The van der Waals surface area contributed by atoms with Gasteiger partial charge in [0.05, 0.1) is 0 Å². The minimum absolute atomic E-state index is 0.00474. The fraction of sp³-hybridized carbons (Fsp3) is 0.235. The Labute approximate surface area is 152 Å². The molecule has 0 saturated carbocycles. The maximum atomic E-state index is 12.4. The highest BCUT2D eigenvalue weighted by molar-refractivity contribution is 7.87. The monoisotopic (exact) mass is 382 g/mol. The van der Waals surface area contributed by atoms with Gasteiger partial charge in [0.15, 0.2) is 0 Å². The van der Waals surface area contributed by atoms with E-state index in [1.54, 1.807) is 12.1 Å². The summed E-state index contributed by atoms with van der Waals surface area (Å²) in [5.41, 5.74) is 1.26. The Morgan fingerprint density at radius 2 is 1.80 bits per heavy atom. The van der Waals surface area contributed by atoms with Gasteiger partial charge in [-0.1, -0.05) is 25.1 Å². The van der Waals surface area contributed by atoms with Crippen molar-refractivity contribution in [1.29, 1.82) is 0 Å². The third-order valence-electron chi connectivity index (χ3n) is 3.33. The summed E-state index contributed by atoms with van der Waals surface area (Å²) in [6.45, 7) is 2.26. The maximum Gasteiger partial charge on any atom is 0.339 e. The normalized spacial score (nSPS) is 11.0. The first kappa shape index (κ1) is 19.1. The molecule has 0 fully saturated rings. The largest absolute Gasteiger partial charge is 0.379 e. The van der Waals surface area contributed by atoms with Crippen molar-refractivity contribution < 1.29 is 17.4 Å². The maximum absolute atomic E-state index is 12.4. The van der Waals surface area contributed by atoms with Gasteiger partial charge in [-0.05, 0) is 42.3 Å². The first-order chi connectivity index (χ1) is 12.0. The second kappa shape index (κ2) is 8.73. The molecule has 134 valence electrons. The second-order valence-electron chi connectivity index (χ2n) is 5.09. The number of urea groups is 1. The number of hydrogen-bond donors (Lipinski definition) is 2. The number of rotatable bonds is 7. The summed E-state index contributed by atoms with van der Waals surface area (Å²) < 4.78 is 30.1. The molecule has 2 amide bonds. The van der Waals surface area contributed by atoms with E-state index in [1.807, 2.05) is 19.1 Å². The van der Waals surface area contributed by atoms with Crippen LogP contribution >= 0.6 is 11.6 Å². The summed E-state index contributed by atoms with van der Waals surface area (Å²) in [6.07, 6.45) is 0.659. The van der Waals surface area contributed by atoms with Crippen molar-refractivity contribution in [3.63, 3.8) is 0 Å². The van der Waals surface area contributed by atoms with Crippen LogP contribution in [0.15, 0.2) is 53.4 Å². The Morgan fingerprint density at radius 1 is 1.12 bits per heavy atom. The molecule has 0 aliphatic carbocycles. The first-order valence-electron chi connectivity index (χ1n) is 7.69. The predicted octanol–water partition coefficient (Wildman–Crippen LogP) is 3.38. The third kappa shape index (κ3) is 5.37. The number of amides is 2. The van der Waals surface area contributed by atoms with E-state index in [9.17, 15) is 13.2 Å². The van der Waals surface area contributed by atoms with E-state index in [0.29, 0.717) is 30.3 Å². The molecular weight excluding hydrogens is 364 g/mol. The molecule has 0 radical (unpaired) electrons. The van der Waals surface area contributed by atoms with Gasteiger partial charge in [-0.25, -0.2) is 4.79 Å². The molecule has 2 aromatic carbocycles. The van der Waals surface area contributed by atoms with E-state index in [1.165, 1.54) is 24.3 Å². The molecule has 0 aromatic heterocycles. The highest BCUT2D eigenvalue weighted by Crippen LogP contribution is 2.24. The number of para-hydroxylation sites is 1. The van der Waals surface area contributed by atoms with Gasteiger partial charge >= 0.3 is 16.1 Å². The van der Waals surface area contributed by atoms with Crippen LogP contribution in [-0.4, -0.2) is 26.9 Å². The molecule has 0 spiro atoms. The standard InChI is InChI=1S/C17H19ClN2O4S/c1-2-13-5-3-4-6-16(13)24-25(22,23)15-9-7-14(8-10-15)20-17(21)19-12-11-18/h3-10H,2,11-12H2,1H3,(H2,19,20,21). The fourth-order valence-corrected chi connectivity index (χ4v) is 3.14. The summed E-state index contributed by atoms with van der Waals surface area (Å²) in [5, 5.41) is 5.13. The van der Waals surface area contributed by atoms with Crippen LogP contribution in [0, 0.1) is 0 Å². The molecule has 2 aromatic rings. The molecule has 0 atom stereocenters. The Hall–Kier alpha value is -2.25. The minimum atomic E-state index is -3.95. The van der Waals surface area contributed by atoms with Crippen LogP contribution in [0.25, 0.3) is 0 Å². The van der Waals surface area contributed by atoms with Crippen LogP contribution in [0.3, 0.4) is 0 Å². The average Bonchev–Trinajstić information content (AvgIpc) is 2.60. The van der Waals surface area contributed by atoms with E-state index in [2.05, 4.69) is 10.6 Å². The zero-order valence-corrected chi connectivity index (χ0v) is 15.2. The van der Waals surface area contributed by atoms with E-state index in [-0.39, 0.29) is 4.90 Å². The molecule has 0 bridgehead atoms. The first-order valence-corrected chi connectivity index (χ1v) is 9.64. The van der Waals surface area contributed by atoms with Crippen molar-refractivity contribution in [3.8, 4) is 5.75 Å². The molecule has 0 unspecified atom stereocenters. The van der Waals surface area contributed by atoms with Gasteiger partial charge in [0, 0.05) is 18.1 Å². The van der Waals surface area contributed by atoms with E-state index < -0.39 is 16.1 Å². The Bertz CT molecular complexity index is 823. The molecule has 0 aliphatic rings. The lowest BCUT2D eigenvalue weighted by atomic mass is 10.1. The molecule has 0 aliphatic heterocycles. The van der Waals surface area contributed by atoms with Crippen LogP contribution in [0.4, 0.5) is 10.5 Å². The third-order valence-corrected chi connectivity index (χ3v) is 4.77. The van der Waals surface area contributed by atoms with Gasteiger partial charge in [0.1, 0.15) is 10.6 Å². The number of hydrogen-bond acceptors (Lipinski definition) is 4. The zero-order valence-electron chi connectivity index (χ0n) is 13.7. The molecule has 2 rings (SSSR count). The van der Waals surface area contributed by atoms with E-state index in [0.717, 1.165) is 5.56 Å². The Kier molecular flexibility index (Phi) is 6.66. The number of halogens is 1. The van der Waals surface area contributed by atoms with Crippen molar-refractivity contribution in [3.05, 3.63) is 54.1 Å². The highest BCUT2D eigenvalue weighted by Gasteiger charge is 2.18. The number of carbonyl (C=O) groups is 1. The Morgan fingerprint density at radius 3 is 2.44 bits per heavy atom. The second-order valence-corrected chi connectivity index (χ2v) is 7.02. The lowest BCUT2D eigenvalue weighted by molar-refractivity contribution is 0.252. The van der Waals surface area contributed by atoms with Gasteiger partial charge in [-0.3, -0.25) is 0 Å². The summed E-state index contributed by atoms with van der Waals surface area (Å²) in [7, 11) is -3.95. The lowest BCUT2D eigenvalue weighted by Gasteiger charge is -2.11. The summed E-state index contributed by atoms with van der Waals surface area (Å²) in [5.74, 6) is 0.619. The van der Waals surface area contributed by atoms with Crippen LogP contribution < -0.4 is 14.8 Å². The van der Waals surface area contributed by atoms with E-state index >= 15 is 0 Å². The van der Waals surface area contributed by atoms with Crippen molar-refractivity contribution in [2.45, 2.75) is 18.2 Å². The van der Waals surface area contributed by atoms with Crippen molar-refractivity contribution in [2.75, 3.05) is 17.7 Å². The summed E-state index contributed by atoms with van der Waals surface area (Å²) in [6, 6.07) is 12.3. The number of alkyl halides is 1. The predicted molar refractivity (Wildman–Crippen MR) is 97.8 cm³/mol. The quantitative estimate of drug-likeness (QED) is 0.568. The zero-order chi connectivity index (χ0) is 18.3. The van der Waals surface area contributed by atoms with Gasteiger partial charge in [-0.15, -0.1) is 11.6 Å². The molecule has 0 heterocycles. The number of nitrogens with one attached hydrogen (secondary N) is 2. The van der Waals surface area contributed by atoms with Crippen LogP contribution in [0.2, 0.25) is 0 Å². The van der Waals surface area contributed by atoms with Crippen LogP contribution in [0.5, 0.6) is 5.75 Å². The molecule has 0 saturated heterocycles. The number of benzene rings is 2. The van der Waals surface area contributed by atoms with Gasteiger partial charge in [-0.2, -0.15) is 8.42 Å². The molecule has 25 heavy (non-hydrogen) atoms. The average molecular weight is 383 g/mol. The molecular formula is C17H19ClN2O4S. The fourth-order valence-electron chi connectivity index (χ4n) is 2.08. The van der Waals surface area contributed by atoms with Crippen molar-refractivity contribution in [2.24, 2.45) is 0 Å². The number of anilines is 1. The SMILES string of the molecule is CCc1ccccc1OS(=O)(=O)c1ccc(NC(=O)NCCCl)cc1. The van der Waals surface area contributed by atoms with Crippen molar-refractivity contribution in [1.82, 2.24) is 5.32 Å². The number of aryl methyl sites for hydroxylation is 1. The molecule has 2 N–H and O–H groups in total. The minimum Gasteiger partial charge on any atom is -0.379 e. The Balaban J connectivity index is 2.11. The van der Waals surface area contributed by atoms with Crippen LogP contribution in [-0.2, 0) is 16.5 Å². The van der Waals surface area contributed by atoms with Gasteiger partial charge < -0.3 is 14.8 Å². The summed E-state index contributed by atoms with van der Waals surface area (Å²) in [4.78, 5) is 11.5. The summed E-state index contributed by atoms with van der Waals surface area (Å²) >= 11 is 5.48. The van der Waals surface area contributed by atoms with Gasteiger partial charge in [0.25, 0.3) is 0 Å². The smallest absolute Gasteiger partial charge is 0.339 e. The topological polar surface area (TPSA) is 84.5 Å². The lowest BCUT2D eigenvalue weighted by Crippen LogP contribution is -2.30. The molecule has 6 nitrogen and oxygen atoms in total. The van der Waals surface area contributed by atoms with E-state index in [4.69, 9.17) is 15.8 Å². The van der Waals surface area contributed by atoms with Crippen LogP contribution in [0.1, 0.15) is 12.5 Å². The molecule has 8 heteroatoms. The highest BCUT2D eigenvalue weighted by atomic mass is 35.5. The van der Waals surface area contributed by atoms with Crippen molar-refractivity contribution >= 4 is 33.4 Å².